The van der Waals surface area contributed by atoms with Crippen LogP contribution < -0.4 is 0 Å². The van der Waals surface area contributed by atoms with Gasteiger partial charge in [0.15, 0.2) is 5.69 Å². The lowest BCUT2D eigenvalue weighted by Gasteiger charge is -2.35. The third-order valence-corrected chi connectivity index (χ3v) is 6.97. The van der Waals surface area contributed by atoms with Gasteiger partial charge in [-0.25, -0.2) is 4.39 Å². The quantitative estimate of drug-likeness (QED) is 0.616. The summed E-state index contributed by atoms with van der Waals surface area (Å²) < 4.78 is 14.0. The van der Waals surface area contributed by atoms with Gasteiger partial charge in [-0.2, -0.15) is 5.10 Å². The molecule has 0 saturated carbocycles. The molecule has 3 aromatic rings. The minimum Gasteiger partial charge on any atom is -0.338 e. The molecular formula is C27H30FN5O2. The van der Waals surface area contributed by atoms with E-state index in [2.05, 4.69) is 46.3 Å². The number of aromatic nitrogens is 2. The number of amides is 2. The molecule has 2 aromatic carbocycles. The predicted molar refractivity (Wildman–Crippen MR) is 130 cm³/mol. The van der Waals surface area contributed by atoms with Crippen molar-refractivity contribution in [3.8, 4) is 0 Å². The number of halogens is 1. The molecule has 0 atom stereocenters. The van der Waals surface area contributed by atoms with E-state index in [0.717, 1.165) is 30.9 Å². The maximum absolute atomic E-state index is 14.0. The highest BCUT2D eigenvalue weighted by atomic mass is 19.1. The number of aromatic amines is 1. The molecular weight excluding hydrogens is 445 g/mol. The van der Waals surface area contributed by atoms with Crippen LogP contribution in [0.25, 0.3) is 0 Å². The lowest BCUT2D eigenvalue weighted by atomic mass is 10.0. The molecule has 5 rings (SSSR count). The van der Waals surface area contributed by atoms with Gasteiger partial charge in [0.05, 0.1) is 6.42 Å². The van der Waals surface area contributed by atoms with Gasteiger partial charge in [0.1, 0.15) is 5.82 Å². The van der Waals surface area contributed by atoms with Crippen molar-refractivity contribution in [2.45, 2.75) is 32.9 Å². The SMILES string of the molecule is Cc1ccc(CN2CCN(C(=O)c3n[nH]c4c3CN(C(=O)Cc3ccccc3F)CC4)CC2)cc1. The normalized spacial score (nSPS) is 16.3. The summed E-state index contributed by atoms with van der Waals surface area (Å²) in [6.45, 7) is 6.68. The van der Waals surface area contributed by atoms with Crippen molar-refractivity contribution in [3.05, 3.63) is 88.0 Å². The lowest BCUT2D eigenvalue weighted by molar-refractivity contribution is -0.131. The molecule has 2 aliphatic heterocycles. The Kier molecular flexibility index (Phi) is 6.63. The van der Waals surface area contributed by atoms with Gasteiger partial charge >= 0.3 is 0 Å². The summed E-state index contributed by atoms with van der Waals surface area (Å²) in [7, 11) is 0. The molecule has 1 aromatic heterocycles. The molecule has 182 valence electrons. The minimum absolute atomic E-state index is 0.00603. The number of nitrogens with zero attached hydrogens (tertiary/aromatic N) is 4. The monoisotopic (exact) mass is 475 g/mol. The van der Waals surface area contributed by atoms with E-state index >= 15 is 0 Å². The maximum atomic E-state index is 14.0. The Morgan fingerprint density at radius 1 is 0.971 bits per heavy atom. The van der Waals surface area contributed by atoms with Crippen LogP contribution in [0.5, 0.6) is 0 Å². The molecule has 0 aliphatic carbocycles. The number of H-pyrrole nitrogens is 1. The smallest absolute Gasteiger partial charge is 0.274 e. The van der Waals surface area contributed by atoms with Crippen LogP contribution in [-0.2, 0) is 30.7 Å². The Morgan fingerprint density at radius 3 is 2.46 bits per heavy atom. The van der Waals surface area contributed by atoms with Crippen molar-refractivity contribution < 1.29 is 14.0 Å². The number of hydrogen-bond donors (Lipinski definition) is 1. The average Bonchev–Trinajstić information content (AvgIpc) is 3.30. The summed E-state index contributed by atoms with van der Waals surface area (Å²) in [5.74, 6) is -0.620. The van der Waals surface area contributed by atoms with Gasteiger partial charge in [0.2, 0.25) is 5.91 Å². The topological polar surface area (TPSA) is 72.5 Å². The Morgan fingerprint density at radius 2 is 1.71 bits per heavy atom. The summed E-state index contributed by atoms with van der Waals surface area (Å²) in [5.41, 5.74) is 4.99. The van der Waals surface area contributed by atoms with Crippen molar-refractivity contribution in [3.63, 3.8) is 0 Å². The molecule has 0 unspecified atom stereocenters. The second-order valence-corrected chi connectivity index (χ2v) is 9.42. The number of rotatable bonds is 5. The second kappa shape index (κ2) is 10.00. The largest absolute Gasteiger partial charge is 0.338 e. The third kappa shape index (κ3) is 5.12. The number of benzene rings is 2. The van der Waals surface area contributed by atoms with Gasteiger partial charge in [-0.3, -0.25) is 19.6 Å². The first kappa shape index (κ1) is 23.2. The van der Waals surface area contributed by atoms with Crippen LogP contribution in [0.15, 0.2) is 48.5 Å². The molecule has 0 bridgehead atoms. The van der Waals surface area contributed by atoms with E-state index in [-0.39, 0.29) is 24.1 Å². The molecule has 2 aliphatic rings. The molecule has 1 fully saturated rings. The number of nitrogens with one attached hydrogen (secondary N) is 1. The van der Waals surface area contributed by atoms with Gasteiger partial charge in [0, 0.05) is 63.5 Å². The van der Waals surface area contributed by atoms with E-state index in [9.17, 15) is 14.0 Å². The van der Waals surface area contributed by atoms with Crippen molar-refractivity contribution in [1.29, 1.82) is 0 Å². The fourth-order valence-corrected chi connectivity index (χ4v) is 4.81. The predicted octanol–water partition coefficient (Wildman–Crippen LogP) is 2.94. The number of hydrogen-bond acceptors (Lipinski definition) is 4. The van der Waals surface area contributed by atoms with Crippen molar-refractivity contribution in [1.82, 2.24) is 24.9 Å². The van der Waals surface area contributed by atoms with E-state index in [1.54, 1.807) is 23.1 Å². The Balaban J connectivity index is 1.20. The summed E-state index contributed by atoms with van der Waals surface area (Å²) in [5, 5.41) is 7.34. The van der Waals surface area contributed by atoms with E-state index in [4.69, 9.17) is 0 Å². The maximum Gasteiger partial charge on any atom is 0.274 e. The van der Waals surface area contributed by atoms with E-state index in [1.165, 1.54) is 17.2 Å². The van der Waals surface area contributed by atoms with Crippen LogP contribution >= 0.6 is 0 Å². The van der Waals surface area contributed by atoms with E-state index in [0.29, 0.717) is 43.9 Å². The molecule has 8 heteroatoms. The molecule has 3 heterocycles. The molecule has 1 N–H and O–H groups in total. The van der Waals surface area contributed by atoms with Crippen molar-refractivity contribution in [2.75, 3.05) is 32.7 Å². The highest BCUT2D eigenvalue weighted by Gasteiger charge is 2.31. The van der Waals surface area contributed by atoms with Gasteiger partial charge in [-0.15, -0.1) is 0 Å². The molecule has 0 spiro atoms. The fraction of sp³-hybridized carbons (Fsp3) is 0.370. The average molecular weight is 476 g/mol. The molecule has 0 radical (unpaired) electrons. The number of aryl methyl sites for hydroxylation is 1. The van der Waals surface area contributed by atoms with Gasteiger partial charge in [-0.1, -0.05) is 48.0 Å². The molecule has 2 amide bonds. The Hall–Kier alpha value is -3.52. The number of carbonyl (C=O) groups is 2. The molecule has 35 heavy (non-hydrogen) atoms. The summed E-state index contributed by atoms with van der Waals surface area (Å²) in [6, 6.07) is 14.9. The highest BCUT2D eigenvalue weighted by molar-refractivity contribution is 5.94. The second-order valence-electron chi connectivity index (χ2n) is 9.42. The van der Waals surface area contributed by atoms with Crippen LogP contribution in [0.4, 0.5) is 4.39 Å². The highest BCUT2D eigenvalue weighted by Crippen LogP contribution is 2.23. The van der Waals surface area contributed by atoms with Gasteiger partial charge in [-0.05, 0) is 24.1 Å². The van der Waals surface area contributed by atoms with Gasteiger partial charge < -0.3 is 9.80 Å². The zero-order valence-electron chi connectivity index (χ0n) is 20.0. The van der Waals surface area contributed by atoms with Gasteiger partial charge in [0.25, 0.3) is 5.91 Å². The van der Waals surface area contributed by atoms with Crippen LogP contribution in [-0.4, -0.2) is 69.4 Å². The minimum atomic E-state index is -0.376. The first-order chi connectivity index (χ1) is 17.0. The fourth-order valence-electron chi connectivity index (χ4n) is 4.81. The van der Waals surface area contributed by atoms with Crippen LogP contribution in [0, 0.1) is 12.7 Å². The lowest BCUT2D eigenvalue weighted by Crippen LogP contribution is -2.48. The standard InChI is InChI=1S/C27H30FN5O2/c1-19-6-8-20(9-7-19)17-31-12-14-32(15-13-31)27(35)26-22-18-33(11-10-24(22)29-30-26)25(34)16-21-4-2-3-5-23(21)28/h2-9H,10-18H2,1H3,(H,29,30). The van der Waals surface area contributed by atoms with Crippen molar-refractivity contribution in [2.24, 2.45) is 0 Å². The first-order valence-electron chi connectivity index (χ1n) is 12.1. The number of piperazine rings is 1. The Labute approximate surface area is 204 Å². The Bertz CT molecular complexity index is 1210. The summed E-state index contributed by atoms with van der Waals surface area (Å²) in [6.07, 6.45) is 0.606. The third-order valence-electron chi connectivity index (χ3n) is 6.97. The number of fused-ring (bicyclic) bond motifs is 1. The number of carbonyl (C=O) groups excluding carboxylic acids is 2. The zero-order valence-corrected chi connectivity index (χ0v) is 20.0. The van der Waals surface area contributed by atoms with Crippen molar-refractivity contribution >= 4 is 11.8 Å². The van der Waals surface area contributed by atoms with E-state index < -0.39 is 0 Å². The summed E-state index contributed by atoms with van der Waals surface area (Å²) >= 11 is 0. The van der Waals surface area contributed by atoms with Crippen LogP contribution in [0.1, 0.15) is 38.4 Å². The molecule has 7 nitrogen and oxygen atoms in total. The van der Waals surface area contributed by atoms with E-state index in [1.807, 2.05) is 4.90 Å². The first-order valence-corrected chi connectivity index (χ1v) is 12.1. The summed E-state index contributed by atoms with van der Waals surface area (Å²) in [4.78, 5) is 32.1. The van der Waals surface area contributed by atoms with Crippen LogP contribution in [0.3, 0.4) is 0 Å². The van der Waals surface area contributed by atoms with Crippen LogP contribution in [0.2, 0.25) is 0 Å². The zero-order chi connectivity index (χ0) is 24.4. The molecule has 1 saturated heterocycles.